The van der Waals surface area contributed by atoms with Crippen LogP contribution in [0.1, 0.15) is 22.8 Å². The highest BCUT2D eigenvalue weighted by Crippen LogP contribution is 2.23. The number of carbonyl (C=O) groups excluding carboxylic acids is 1. The number of esters is 1. The molecule has 0 atom stereocenters. The molecular formula is C13H12N4O2S. The van der Waals surface area contributed by atoms with E-state index >= 15 is 0 Å². The van der Waals surface area contributed by atoms with Crippen LogP contribution in [0, 0.1) is 6.92 Å². The van der Waals surface area contributed by atoms with Crippen LogP contribution in [-0.2, 0) is 4.74 Å². The van der Waals surface area contributed by atoms with Crippen LogP contribution < -0.4 is 0 Å². The first-order valence-corrected chi connectivity index (χ1v) is 6.97. The highest BCUT2D eigenvalue weighted by Gasteiger charge is 2.14. The van der Waals surface area contributed by atoms with Crippen LogP contribution in [0.4, 0.5) is 0 Å². The summed E-state index contributed by atoms with van der Waals surface area (Å²) < 4.78 is 8.84. The van der Waals surface area contributed by atoms with Gasteiger partial charge >= 0.3 is 5.97 Å². The largest absolute Gasteiger partial charge is 0.462 e. The van der Waals surface area contributed by atoms with Crippen molar-refractivity contribution in [2.75, 3.05) is 6.61 Å². The fourth-order valence-corrected chi connectivity index (χ4v) is 2.45. The van der Waals surface area contributed by atoms with Crippen LogP contribution in [0.5, 0.6) is 0 Å². The number of nitrogens with zero attached hydrogens (tertiary/aromatic N) is 3. The number of hydrogen-bond donors (Lipinski definition) is 1. The van der Waals surface area contributed by atoms with Crippen molar-refractivity contribution >= 4 is 28.5 Å². The van der Waals surface area contributed by atoms with Gasteiger partial charge in [0.05, 0.1) is 23.2 Å². The standard InChI is InChI=1S/C13H12N4O2S/c1-3-19-13(18)8-4-7(2)11-9(5-8)14-12(15-11)10-6-20-17-16-10/h4-6H,3H2,1-2H3,(H,14,15). The maximum atomic E-state index is 11.8. The van der Waals surface area contributed by atoms with Crippen molar-refractivity contribution in [1.29, 1.82) is 0 Å². The summed E-state index contributed by atoms with van der Waals surface area (Å²) in [7, 11) is 0. The fourth-order valence-electron chi connectivity index (χ4n) is 2.01. The zero-order chi connectivity index (χ0) is 14.1. The summed E-state index contributed by atoms with van der Waals surface area (Å²) in [4.78, 5) is 19.5. The predicted molar refractivity (Wildman–Crippen MR) is 75.7 cm³/mol. The number of rotatable bonds is 3. The van der Waals surface area contributed by atoms with Gasteiger partial charge in [0, 0.05) is 5.38 Å². The Balaban J connectivity index is 2.10. The highest BCUT2D eigenvalue weighted by atomic mass is 32.1. The van der Waals surface area contributed by atoms with E-state index in [0.717, 1.165) is 16.6 Å². The molecule has 2 heterocycles. The number of fused-ring (bicyclic) bond motifs is 1. The van der Waals surface area contributed by atoms with Gasteiger partial charge < -0.3 is 9.72 Å². The quantitative estimate of drug-likeness (QED) is 0.749. The Morgan fingerprint density at radius 1 is 1.45 bits per heavy atom. The Kier molecular flexibility index (Phi) is 3.19. The van der Waals surface area contributed by atoms with Gasteiger partial charge in [0.25, 0.3) is 0 Å². The second-order valence-electron chi connectivity index (χ2n) is 4.29. The van der Waals surface area contributed by atoms with Gasteiger partial charge in [-0.25, -0.2) is 9.78 Å². The van der Waals surface area contributed by atoms with E-state index in [1.165, 1.54) is 11.5 Å². The molecule has 0 spiro atoms. The molecule has 1 aromatic carbocycles. The number of H-pyrrole nitrogens is 1. The molecule has 0 amide bonds. The second-order valence-corrected chi connectivity index (χ2v) is 4.90. The zero-order valence-electron chi connectivity index (χ0n) is 11.0. The van der Waals surface area contributed by atoms with E-state index in [9.17, 15) is 4.79 Å². The van der Waals surface area contributed by atoms with Gasteiger partial charge in [0.15, 0.2) is 5.82 Å². The van der Waals surface area contributed by atoms with Gasteiger partial charge in [0.1, 0.15) is 5.69 Å². The maximum Gasteiger partial charge on any atom is 0.338 e. The molecule has 0 radical (unpaired) electrons. The van der Waals surface area contributed by atoms with Gasteiger partial charge in [-0.05, 0) is 43.1 Å². The van der Waals surface area contributed by atoms with Crippen molar-refractivity contribution in [3.8, 4) is 11.5 Å². The molecule has 0 aliphatic rings. The highest BCUT2D eigenvalue weighted by molar-refractivity contribution is 7.03. The Morgan fingerprint density at radius 2 is 2.30 bits per heavy atom. The SMILES string of the molecule is CCOC(=O)c1cc(C)c2nc(-c3csnn3)[nH]c2c1. The van der Waals surface area contributed by atoms with Gasteiger partial charge in [-0.1, -0.05) is 4.49 Å². The van der Waals surface area contributed by atoms with Crippen molar-refractivity contribution in [1.82, 2.24) is 19.6 Å². The predicted octanol–water partition coefficient (Wildman–Crippen LogP) is 2.57. The lowest BCUT2D eigenvalue weighted by Gasteiger charge is -2.03. The average molecular weight is 288 g/mol. The summed E-state index contributed by atoms with van der Waals surface area (Å²) in [6, 6.07) is 3.53. The van der Waals surface area contributed by atoms with Crippen LogP contribution in [0.3, 0.4) is 0 Å². The lowest BCUT2D eigenvalue weighted by atomic mass is 10.1. The number of hydrogen-bond acceptors (Lipinski definition) is 6. The Bertz CT molecular complexity index is 764. The van der Waals surface area contributed by atoms with E-state index < -0.39 is 0 Å². The smallest absolute Gasteiger partial charge is 0.338 e. The molecule has 3 rings (SSSR count). The monoisotopic (exact) mass is 288 g/mol. The summed E-state index contributed by atoms with van der Waals surface area (Å²) >= 11 is 1.27. The maximum absolute atomic E-state index is 11.8. The normalized spacial score (nSPS) is 10.9. The summed E-state index contributed by atoms with van der Waals surface area (Å²) in [5.41, 5.74) is 3.74. The lowest BCUT2D eigenvalue weighted by Crippen LogP contribution is -2.04. The van der Waals surface area contributed by atoms with Crippen LogP contribution in [-0.4, -0.2) is 32.1 Å². The van der Waals surface area contributed by atoms with Crippen molar-refractivity contribution in [2.45, 2.75) is 13.8 Å². The Labute approximate surface area is 119 Å². The molecule has 6 nitrogen and oxygen atoms in total. The van der Waals surface area contributed by atoms with E-state index in [0.29, 0.717) is 23.7 Å². The molecule has 20 heavy (non-hydrogen) atoms. The molecule has 0 saturated heterocycles. The minimum Gasteiger partial charge on any atom is -0.462 e. The second kappa shape index (κ2) is 5.01. The summed E-state index contributed by atoms with van der Waals surface area (Å²) in [6.07, 6.45) is 0. The van der Waals surface area contributed by atoms with Gasteiger partial charge in [-0.2, -0.15) is 0 Å². The van der Waals surface area contributed by atoms with E-state index in [4.69, 9.17) is 4.74 Å². The molecule has 0 fully saturated rings. The Morgan fingerprint density at radius 3 is 3.00 bits per heavy atom. The number of benzene rings is 1. The number of imidazole rings is 1. The minimum absolute atomic E-state index is 0.330. The van der Waals surface area contributed by atoms with Crippen molar-refractivity contribution in [2.24, 2.45) is 0 Å². The molecule has 0 unspecified atom stereocenters. The third kappa shape index (κ3) is 2.16. The molecule has 3 aromatic rings. The van der Waals surface area contributed by atoms with Crippen LogP contribution in [0.2, 0.25) is 0 Å². The van der Waals surface area contributed by atoms with Crippen molar-refractivity contribution < 1.29 is 9.53 Å². The summed E-state index contributed by atoms with van der Waals surface area (Å²) in [5.74, 6) is 0.321. The molecule has 0 aliphatic carbocycles. The minimum atomic E-state index is -0.330. The molecule has 1 N–H and O–H groups in total. The first kappa shape index (κ1) is 12.7. The topological polar surface area (TPSA) is 80.8 Å². The molecular weight excluding hydrogens is 276 g/mol. The van der Waals surface area contributed by atoms with Crippen LogP contribution >= 0.6 is 11.5 Å². The number of ether oxygens (including phenoxy) is 1. The van der Waals surface area contributed by atoms with E-state index in [-0.39, 0.29) is 5.97 Å². The average Bonchev–Trinajstić information content (AvgIpc) is 3.07. The molecule has 2 aromatic heterocycles. The number of nitrogens with one attached hydrogen (secondary N) is 1. The third-order valence-electron chi connectivity index (χ3n) is 2.89. The number of aromatic amines is 1. The fraction of sp³-hybridized carbons (Fsp3) is 0.231. The summed E-state index contributed by atoms with van der Waals surface area (Å²) in [6.45, 7) is 4.05. The van der Waals surface area contributed by atoms with Gasteiger partial charge in [0.2, 0.25) is 0 Å². The van der Waals surface area contributed by atoms with Crippen molar-refractivity contribution in [3.63, 3.8) is 0 Å². The summed E-state index contributed by atoms with van der Waals surface area (Å²) in [5, 5.41) is 5.80. The molecule has 0 bridgehead atoms. The van der Waals surface area contributed by atoms with Gasteiger partial charge in [-0.15, -0.1) is 5.10 Å². The molecule has 0 aliphatic heterocycles. The molecule has 102 valence electrons. The number of aryl methyl sites for hydroxylation is 1. The zero-order valence-corrected chi connectivity index (χ0v) is 11.8. The molecule has 0 saturated carbocycles. The van der Waals surface area contributed by atoms with Crippen LogP contribution in [0.15, 0.2) is 17.5 Å². The number of aromatic nitrogens is 4. The van der Waals surface area contributed by atoms with Gasteiger partial charge in [-0.3, -0.25) is 0 Å². The first-order valence-electron chi connectivity index (χ1n) is 6.14. The lowest BCUT2D eigenvalue weighted by molar-refractivity contribution is 0.0526. The number of carbonyl (C=O) groups is 1. The van der Waals surface area contributed by atoms with Crippen molar-refractivity contribution in [3.05, 3.63) is 28.6 Å². The Hall–Kier alpha value is -2.28. The van der Waals surface area contributed by atoms with E-state index in [2.05, 4.69) is 19.6 Å². The third-order valence-corrected chi connectivity index (χ3v) is 3.40. The van der Waals surface area contributed by atoms with E-state index in [1.54, 1.807) is 19.1 Å². The molecule has 7 heteroatoms. The van der Waals surface area contributed by atoms with Crippen LogP contribution in [0.25, 0.3) is 22.6 Å². The first-order chi connectivity index (χ1) is 9.69. The van der Waals surface area contributed by atoms with E-state index in [1.807, 2.05) is 12.3 Å².